The second-order valence-corrected chi connectivity index (χ2v) is 5.04. The van der Waals surface area contributed by atoms with Crippen LogP contribution < -0.4 is 0 Å². The fraction of sp³-hybridized carbons (Fsp3) is 0.571. The Morgan fingerprint density at radius 3 is 2.88 bits per heavy atom. The Bertz CT molecular complexity index is 376. The monoisotopic (exact) mass is 233 g/mol. The average molecular weight is 233 g/mol. The standard InChI is InChI=1S/C14H19NO2/c16-12-6-4-11(5-7-12)10-15-8-9-17-14-3-1-2-13(14)15/h4-7,13-14,16H,1-3,8-10H2. The highest BCUT2D eigenvalue weighted by atomic mass is 16.5. The summed E-state index contributed by atoms with van der Waals surface area (Å²) < 4.78 is 5.81. The van der Waals surface area contributed by atoms with Gasteiger partial charge in [-0.05, 0) is 37.0 Å². The third-order valence-corrected chi connectivity index (χ3v) is 3.92. The van der Waals surface area contributed by atoms with Crippen molar-refractivity contribution in [2.45, 2.75) is 38.0 Å². The third kappa shape index (κ3) is 2.31. The topological polar surface area (TPSA) is 32.7 Å². The SMILES string of the molecule is Oc1ccc(CN2CCOC3CCCC32)cc1. The number of benzene rings is 1. The second-order valence-electron chi connectivity index (χ2n) is 5.04. The Balaban J connectivity index is 1.69. The molecular weight excluding hydrogens is 214 g/mol. The van der Waals surface area contributed by atoms with E-state index in [1.807, 2.05) is 12.1 Å². The number of phenolic OH excluding ortho intramolecular Hbond substituents is 1. The van der Waals surface area contributed by atoms with Crippen molar-refractivity contribution in [3.05, 3.63) is 29.8 Å². The summed E-state index contributed by atoms with van der Waals surface area (Å²) in [5.74, 6) is 0.342. The molecular formula is C14H19NO2. The van der Waals surface area contributed by atoms with Crippen molar-refractivity contribution in [2.24, 2.45) is 0 Å². The van der Waals surface area contributed by atoms with Crippen LogP contribution in [0, 0.1) is 0 Å². The van der Waals surface area contributed by atoms with E-state index in [9.17, 15) is 5.11 Å². The van der Waals surface area contributed by atoms with Crippen molar-refractivity contribution in [3.63, 3.8) is 0 Å². The van der Waals surface area contributed by atoms with Gasteiger partial charge in [0.15, 0.2) is 0 Å². The lowest BCUT2D eigenvalue weighted by atomic mass is 10.1. The molecule has 0 aromatic heterocycles. The molecule has 0 bridgehead atoms. The molecule has 92 valence electrons. The molecule has 3 heteroatoms. The molecule has 1 aromatic rings. The van der Waals surface area contributed by atoms with Gasteiger partial charge in [-0.3, -0.25) is 4.90 Å². The number of rotatable bonds is 2. The molecule has 1 aliphatic heterocycles. The number of phenols is 1. The maximum atomic E-state index is 9.28. The van der Waals surface area contributed by atoms with E-state index in [4.69, 9.17) is 4.74 Å². The summed E-state index contributed by atoms with van der Waals surface area (Å²) >= 11 is 0. The Hall–Kier alpha value is -1.06. The highest BCUT2D eigenvalue weighted by Gasteiger charge is 2.35. The Labute approximate surface area is 102 Å². The summed E-state index contributed by atoms with van der Waals surface area (Å²) in [5, 5.41) is 9.28. The van der Waals surface area contributed by atoms with Crippen LogP contribution in [0.5, 0.6) is 5.75 Å². The van der Waals surface area contributed by atoms with E-state index in [-0.39, 0.29) is 0 Å². The van der Waals surface area contributed by atoms with Crippen molar-refractivity contribution >= 4 is 0 Å². The number of ether oxygens (including phenoxy) is 1. The van der Waals surface area contributed by atoms with Crippen LogP contribution in [0.4, 0.5) is 0 Å². The van der Waals surface area contributed by atoms with Crippen LogP contribution in [0.2, 0.25) is 0 Å². The molecule has 1 saturated carbocycles. The van der Waals surface area contributed by atoms with Gasteiger partial charge in [-0.15, -0.1) is 0 Å². The minimum atomic E-state index is 0.342. The van der Waals surface area contributed by atoms with Crippen LogP contribution in [-0.2, 0) is 11.3 Å². The number of morpholine rings is 1. The first-order valence-electron chi connectivity index (χ1n) is 6.46. The predicted molar refractivity (Wildman–Crippen MR) is 65.9 cm³/mol. The van der Waals surface area contributed by atoms with E-state index >= 15 is 0 Å². The van der Waals surface area contributed by atoms with Gasteiger partial charge in [0, 0.05) is 19.1 Å². The maximum Gasteiger partial charge on any atom is 0.115 e. The van der Waals surface area contributed by atoms with Gasteiger partial charge in [0.2, 0.25) is 0 Å². The Kier molecular flexibility index (Phi) is 3.04. The average Bonchev–Trinajstić information content (AvgIpc) is 2.81. The number of hydrogen-bond acceptors (Lipinski definition) is 3. The van der Waals surface area contributed by atoms with E-state index in [1.165, 1.54) is 24.8 Å². The van der Waals surface area contributed by atoms with Gasteiger partial charge >= 0.3 is 0 Å². The maximum absolute atomic E-state index is 9.28. The third-order valence-electron chi connectivity index (χ3n) is 3.92. The van der Waals surface area contributed by atoms with Gasteiger partial charge < -0.3 is 9.84 Å². The summed E-state index contributed by atoms with van der Waals surface area (Å²) in [7, 11) is 0. The molecule has 2 atom stereocenters. The van der Waals surface area contributed by atoms with Crippen molar-refractivity contribution in [3.8, 4) is 5.75 Å². The molecule has 1 aromatic carbocycles. The quantitative estimate of drug-likeness (QED) is 0.849. The first-order chi connectivity index (χ1) is 8.33. The Morgan fingerprint density at radius 1 is 1.24 bits per heavy atom. The zero-order valence-electron chi connectivity index (χ0n) is 10.0. The van der Waals surface area contributed by atoms with Gasteiger partial charge in [0.25, 0.3) is 0 Å². The van der Waals surface area contributed by atoms with Gasteiger partial charge in [0.05, 0.1) is 12.7 Å². The normalized spacial score (nSPS) is 29.2. The lowest BCUT2D eigenvalue weighted by molar-refractivity contribution is -0.0588. The molecule has 3 nitrogen and oxygen atoms in total. The van der Waals surface area contributed by atoms with Crippen LogP contribution in [0.25, 0.3) is 0 Å². The van der Waals surface area contributed by atoms with E-state index in [0.29, 0.717) is 17.9 Å². The molecule has 2 aliphatic rings. The number of fused-ring (bicyclic) bond motifs is 1. The summed E-state index contributed by atoms with van der Waals surface area (Å²) in [4.78, 5) is 2.54. The minimum absolute atomic E-state index is 0.342. The summed E-state index contributed by atoms with van der Waals surface area (Å²) in [6, 6.07) is 8.16. The molecule has 1 aliphatic carbocycles. The molecule has 0 spiro atoms. The summed E-state index contributed by atoms with van der Waals surface area (Å²) in [6.45, 7) is 2.87. The number of aromatic hydroxyl groups is 1. The van der Waals surface area contributed by atoms with Crippen LogP contribution in [0.15, 0.2) is 24.3 Å². The van der Waals surface area contributed by atoms with Crippen molar-refractivity contribution in [1.82, 2.24) is 4.90 Å². The van der Waals surface area contributed by atoms with Crippen molar-refractivity contribution in [1.29, 1.82) is 0 Å². The largest absolute Gasteiger partial charge is 0.508 e. The summed E-state index contributed by atoms with van der Waals surface area (Å²) in [6.07, 6.45) is 4.24. The lowest BCUT2D eigenvalue weighted by Gasteiger charge is -2.37. The first-order valence-corrected chi connectivity index (χ1v) is 6.46. The molecule has 0 radical (unpaired) electrons. The van der Waals surface area contributed by atoms with Gasteiger partial charge in [0.1, 0.15) is 5.75 Å². The fourth-order valence-corrected chi connectivity index (χ4v) is 3.04. The molecule has 2 unspecified atom stereocenters. The zero-order chi connectivity index (χ0) is 11.7. The van der Waals surface area contributed by atoms with Crippen LogP contribution >= 0.6 is 0 Å². The first kappa shape index (κ1) is 11.1. The van der Waals surface area contributed by atoms with E-state index in [2.05, 4.69) is 4.90 Å². The molecule has 17 heavy (non-hydrogen) atoms. The molecule has 2 fully saturated rings. The molecule has 3 rings (SSSR count). The molecule has 0 amide bonds. The summed E-state index contributed by atoms with van der Waals surface area (Å²) in [5.41, 5.74) is 1.27. The van der Waals surface area contributed by atoms with Crippen LogP contribution in [-0.4, -0.2) is 35.3 Å². The fourth-order valence-electron chi connectivity index (χ4n) is 3.04. The van der Waals surface area contributed by atoms with Gasteiger partial charge in [-0.25, -0.2) is 0 Å². The highest BCUT2D eigenvalue weighted by Crippen LogP contribution is 2.30. The number of hydrogen-bond donors (Lipinski definition) is 1. The van der Waals surface area contributed by atoms with Crippen molar-refractivity contribution in [2.75, 3.05) is 13.2 Å². The zero-order valence-corrected chi connectivity index (χ0v) is 10.0. The molecule has 1 N–H and O–H groups in total. The second kappa shape index (κ2) is 4.67. The predicted octanol–water partition coefficient (Wildman–Crippen LogP) is 2.15. The molecule has 1 saturated heterocycles. The smallest absolute Gasteiger partial charge is 0.115 e. The Morgan fingerprint density at radius 2 is 2.06 bits per heavy atom. The van der Waals surface area contributed by atoms with E-state index in [0.717, 1.165) is 19.7 Å². The van der Waals surface area contributed by atoms with E-state index < -0.39 is 0 Å². The van der Waals surface area contributed by atoms with Gasteiger partial charge in [-0.1, -0.05) is 12.1 Å². The molecule has 1 heterocycles. The van der Waals surface area contributed by atoms with E-state index in [1.54, 1.807) is 12.1 Å². The lowest BCUT2D eigenvalue weighted by Crippen LogP contribution is -2.47. The highest BCUT2D eigenvalue weighted by molar-refractivity contribution is 5.25. The minimum Gasteiger partial charge on any atom is -0.508 e. The van der Waals surface area contributed by atoms with Crippen LogP contribution in [0.1, 0.15) is 24.8 Å². The van der Waals surface area contributed by atoms with Gasteiger partial charge in [-0.2, -0.15) is 0 Å². The number of nitrogens with zero attached hydrogens (tertiary/aromatic N) is 1. The van der Waals surface area contributed by atoms with Crippen molar-refractivity contribution < 1.29 is 9.84 Å². The van der Waals surface area contributed by atoms with Crippen LogP contribution in [0.3, 0.4) is 0 Å².